The predicted molar refractivity (Wildman–Crippen MR) is 77.2 cm³/mol. The van der Waals surface area contributed by atoms with E-state index in [0.29, 0.717) is 19.1 Å². The smallest absolute Gasteiger partial charge is 0.317 e. The summed E-state index contributed by atoms with van der Waals surface area (Å²) in [6.07, 6.45) is 3.18. The minimum absolute atomic E-state index is 0.0611. The van der Waals surface area contributed by atoms with Crippen LogP contribution < -0.4 is 5.32 Å². The van der Waals surface area contributed by atoms with E-state index in [2.05, 4.69) is 24.3 Å². The predicted octanol–water partition coefficient (Wildman–Crippen LogP) is 1.27. The van der Waals surface area contributed by atoms with Crippen molar-refractivity contribution in [3.8, 4) is 0 Å². The van der Waals surface area contributed by atoms with Crippen LogP contribution in [0, 0.1) is 0 Å². The second kappa shape index (κ2) is 6.57. The van der Waals surface area contributed by atoms with E-state index in [1.807, 2.05) is 6.92 Å². The lowest BCUT2D eigenvalue weighted by Crippen LogP contribution is -2.49. The van der Waals surface area contributed by atoms with Crippen LogP contribution in [0.1, 0.15) is 40.0 Å². The molecule has 1 aliphatic rings. The maximum atomic E-state index is 12.2. The van der Waals surface area contributed by atoms with E-state index in [0.717, 1.165) is 19.3 Å². The molecule has 0 saturated heterocycles. The Morgan fingerprint density at radius 1 is 1.37 bits per heavy atom. The van der Waals surface area contributed by atoms with Crippen molar-refractivity contribution in [2.24, 2.45) is 0 Å². The van der Waals surface area contributed by atoms with E-state index >= 15 is 0 Å². The molecule has 1 aliphatic carbocycles. The van der Waals surface area contributed by atoms with Crippen molar-refractivity contribution in [1.29, 1.82) is 0 Å². The van der Waals surface area contributed by atoms with Gasteiger partial charge in [-0.15, -0.1) is 0 Å². The fourth-order valence-corrected chi connectivity index (χ4v) is 2.62. The Morgan fingerprint density at radius 3 is 2.42 bits per heavy atom. The summed E-state index contributed by atoms with van der Waals surface area (Å²) in [7, 11) is 4.17. The summed E-state index contributed by atoms with van der Waals surface area (Å²) in [5, 5.41) is 12.9. The average Bonchev–Trinajstić information content (AvgIpc) is 2.73. The van der Waals surface area contributed by atoms with Crippen molar-refractivity contribution in [2.45, 2.75) is 57.7 Å². The number of hydrogen-bond donors (Lipinski definition) is 2. The Hall–Kier alpha value is -0.810. The highest BCUT2D eigenvalue weighted by Gasteiger charge is 2.29. The van der Waals surface area contributed by atoms with Gasteiger partial charge >= 0.3 is 6.03 Å². The zero-order valence-corrected chi connectivity index (χ0v) is 12.9. The summed E-state index contributed by atoms with van der Waals surface area (Å²) in [4.78, 5) is 16.1. The van der Waals surface area contributed by atoms with Crippen molar-refractivity contribution in [1.82, 2.24) is 15.1 Å². The van der Waals surface area contributed by atoms with Crippen LogP contribution in [0.15, 0.2) is 0 Å². The molecular formula is C14H29N3O2. The maximum absolute atomic E-state index is 12.2. The van der Waals surface area contributed by atoms with Gasteiger partial charge in [-0.2, -0.15) is 0 Å². The summed E-state index contributed by atoms with van der Waals surface area (Å²) in [6.45, 7) is 6.35. The molecule has 1 saturated carbocycles. The van der Waals surface area contributed by atoms with E-state index < -0.39 is 5.60 Å². The first-order valence-electron chi connectivity index (χ1n) is 7.17. The fraction of sp³-hybridized carbons (Fsp3) is 0.929. The van der Waals surface area contributed by atoms with Gasteiger partial charge in [-0.3, -0.25) is 0 Å². The van der Waals surface area contributed by atoms with Gasteiger partial charge in [0, 0.05) is 18.6 Å². The summed E-state index contributed by atoms with van der Waals surface area (Å²) < 4.78 is 0. The molecule has 112 valence electrons. The Morgan fingerprint density at radius 2 is 2.00 bits per heavy atom. The van der Waals surface area contributed by atoms with Gasteiger partial charge < -0.3 is 20.2 Å². The lowest BCUT2D eigenvalue weighted by Gasteiger charge is -2.29. The van der Waals surface area contributed by atoms with Crippen LogP contribution in [-0.2, 0) is 0 Å². The summed E-state index contributed by atoms with van der Waals surface area (Å²) in [6, 6.07) is 0.763. The molecule has 0 aliphatic heterocycles. The van der Waals surface area contributed by atoms with E-state index in [4.69, 9.17) is 0 Å². The van der Waals surface area contributed by atoms with Gasteiger partial charge in [0.05, 0.1) is 12.1 Å². The third kappa shape index (κ3) is 5.37. The fourth-order valence-electron chi connectivity index (χ4n) is 2.62. The monoisotopic (exact) mass is 271 g/mol. The van der Waals surface area contributed by atoms with Crippen LogP contribution in [0.3, 0.4) is 0 Å². The molecule has 0 bridgehead atoms. The number of nitrogens with zero attached hydrogens (tertiary/aromatic N) is 2. The third-order valence-corrected chi connectivity index (χ3v) is 3.71. The number of amides is 2. The van der Waals surface area contributed by atoms with Crippen molar-refractivity contribution in [2.75, 3.05) is 27.2 Å². The Labute approximate surface area is 117 Å². The molecule has 2 amide bonds. The number of nitrogens with one attached hydrogen (secondary N) is 1. The van der Waals surface area contributed by atoms with Gasteiger partial charge in [-0.1, -0.05) is 0 Å². The standard InChI is InChI=1S/C14H29N3O2/c1-6-17(10-14(2,3)19)13(18)15-11-7-8-12(9-11)16(4)5/h11-12,19H,6-10H2,1-5H3,(H,15,18). The zero-order chi connectivity index (χ0) is 14.6. The van der Waals surface area contributed by atoms with Gasteiger partial charge in [0.2, 0.25) is 0 Å². The van der Waals surface area contributed by atoms with Crippen molar-refractivity contribution < 1.29 is 9.90 Å². The second-order valence-electron chi connectivity index (χ2n) is 6.40. The molecule has 5 heteroatoms. The molecule has 1 rings (SSSR count). The normalized spacial score (nSPS) is 23.7. The van der Waals surface area contributed by atoms with Crippen LogP contribution in [-0.4, -0.2) is 65.8 Å². The van der Waals surface area contributed by atoms with Crippen molar-refractivity contribution in [3.05, 3.63) is 0 Å². The molecule has 0 heterocycles. The first-order valence-corrected chi connectivity index (χ1v) is 7.17. The topological polar surface area (TPSA) is 55.8 Å². The van der Waals surface area contributed by atoms with Gasteiger partial charge in [0.25, 0.3) is 0 Å². The minimum atomic E-state index is -0.852. The minimum Gasteiger partial charge on any atom is -0.389 e. The number of hydrogen-bond acceptors (Lipinski definition) is 3. The number of carbonyl (C=O) groups excluding carboxylic acids is 1. The number of urea groups is 1. The largest absolute Gasteiger partial charge is 0.389 e. The second-order valence-corrected chi connectivity index (χ2v) is 6.40. The van der Waals surface area contributed by atoms with Crippen LogP contribution >= 0.6 is 0 Å². The quantitative estimate of drug-likeness (QED) is 0.792. The summed E-state index contributed by atoms with van der Waals surface area (Å²) in [5.74, 6) is 0. The molecular weight excluding hydrogens is 242 g/mol. The molecule has 0 aromatic rings. The maximum Gasteiger partial charge on any atom is 0.317 e. The summed E-state index contributed by atoms with van der Waals surface area (Å²) >= 11 is 0. The highest BCUT2D eigenvalue weighted by Crippen LogP contribution is 2.22. The lowest BCUT2D eigenvalue weighted by atomic mass is 10.1. The number of carbonyl (C=O) groups is 1. The van der Waals surface area contributed by atoms with E-state index in [1.165, 1.54) is 0 Å². The van der Waals surface area contributed by atoms with E-state index in [1.54, 1.807) is 18.7 Å². The lowest BCUT2D eigenvalue weighted by molar-refractivity contribution is 0.0475. The Balaban J connectivity index is 2.45. The molecule has 0 aromatic heterocycles. The highest BCUT2D eigenvalue weighted by atomic mass is 16.3. The Bertz CT molecular complexity index is 300. The number of aliphatic hydroxyl groups is 1. The molecule has 2 N–H and O–H groups in total. The van der Waals surface area contributed by atoms with Crippen LogP contribution in [0.4, 0.5) is 4.79 Å². The molecule has 19 heavy (non-hydrogen) atoms. The molecule has 1 fully saturated rings. The van der Waals surface area contributed by atoms with Crippen LogP contribution in [0.5, 0.6) is 0 Å². The third-order valence-electron chi connectivity index (χ3n) is 3.71. The van der Waals surface area contributed by atoms with Gasteiger partial charge in [-0.05, 0) is 54.1 Å². The molecule has 2 unspecified atom stereocenters. The zero-order valence-electron chi connectivity index (χ0n) is 12.9. The van der Waals surface area contributed by atoms with Crippen molar-refractivity contribution >= 4 is 6.03 Å². The van der Waals surface area contributed by atoms with Gasteiger partial charge in [0.15, 0.2) is 0 Å². The van der Waals surface area contributed by atoms with Gasteiger partial charge in [0.1, 0.15) is 0 Å². The summed E-state index contributed by atoms with van der Waals surface area (Å²) in [5.41, 5.74) is -0.852. The Kier molecular flexibility index (Phi) is 5.62. The molecule has 5 nitrogen and oxygen atoms in total. The van der Waals surface area contributed by atoms with Crippen LogP contribution in [0.25, 0.3) is 0 Å². The molecule has 2 atom stereocenters. The van der Waals surface area contributed by atoms with Crippen LogP contribution in [0.2, 0.25) is 0 Å². The molecule has 0 aromatic carbocycles. The van der Waals surface area contributed by atoms with Gasteiger partial charge in [-0.25, -0.2) is 4.79 Å². The van der Waals surface area contributed by atoms with Crippen molar-refractivity contribution in [3.63, 3.8) is 0 Å². The number of likely N-dealkylation sites (N-methyl/N-ethyl adjacent to an activating group) is 1. The number of rotatable bonds is 5. The first-order chi connectivity index (χ1) is 8.73. The highest BCUT2D eigenvalue weighted by molar-refractivity contribution is 5.74. The van der Waals surface area contributed by atoms with E-state index in [9.17, 15) is 9.90 Å². The average molecular weight is 271 g/mol. The molecule has 0 spiro atoms. The first kappa shape index (κ1) is 16.2. The molecule has 0 radical (unpaired) electrons. The van der Waals surface area contributed by atoms with E-state index in [-0.39, 0.29) is 12.1 Å². The SMILES string of the molecule is CCN(CC(C)(C)O)C(=O)NC1CCC(N(C)C)C1.